The van der Waals surface area contributed by atoms with E-state index < -0.39 is 5.97 Å². The maximum Gasteiger partial charge on any atom is 0.358 e. The Balaban J connectivity index is 1.63. The van der Waals surface area contributed by atoms with E-state index in [1.54, 1.807) is 29.1 Å². The molecule has 1 aromatic heterocycles. The van der Waals surface area contributed by atoms with Gasteiger partial charge in [-0.25, -0.2) is 9.48 Å². The maximum atomic E-state index is 11.9. The predicted octanol–water partition coefficient (Wildman–Crippen LogP) is 1.65. The Morgan fingerprint density at radius 3 is 2.90 bits per heavy atom. The van der Waals surface area contributed by atoms with E-state index in [2.05, 4.69) is 5.10 Å². The maximum absolute atomic E-state index is 11.9. The smallest absolute Gasteiger partial charge is 0.358 e. The summed E-state index contributed by atoms with van der Waals surface area (Å²) in [4.78, 5) is 11.9. The zero-order valence-electron chi connectivity index (χ0n) is 11.6. The fraction of sp³-hybridized carbons (Fsp3) is 0.333. The molecule has 1 aliphatic rings. The number of carbonyl (C=O) groups is 1. The molecule has 0 bridgehead atoms. The molecule has 1 aliphatic heterocycles. The van der Waals surface area contributed by atoms with Crippen LogP contribution in [0, 0.1) is 5.92 Å². The third kappa shape index (κ3) is 3.22. The summed E-state index contributed by atoms with van der Waals surface area (Å²) in [5.41, 5.74) is 7.47. The van der Waals surface area contributed by atoms with Crippen LogP contribution in [0.5, 0.6) is 0 Å². The first kappa shape index (κ1) is 13.6. The van der Waals surface area contributed by atoms with E-state index in [1.165, 1.54) is 0 Å². The van der Waals surface area contributed by atoms with Crippen LogP contribution in [0.1, 0.15) is 16.9 Å². The monoisotopic (exact) mass is 287 g/mol. The molecule has 1 saturated heterocycles. The topological polar surface area (TPSA) is 79.4 Å². The lowest BCUT2D eigenvalue weighted by atomic mass is 10.1. The lowest BCUT2D eigenvalue weighted by molar-refractivity contribution is 0.0421. The van der Waals surface area contributed by atoms with Gasteiger partial charge in [0.1, 0.15) is 0 Å². The zero-order valence-corrected chi connectivity index (χ0v) is 11.6. The van der Waals surface area contributed by atoms with Gasteiger partial charge in [-0.15, -0.1) is 0 Å². The number of nitrogens with two attached hydrogens (primary N) is 1. The number of hydrogen-bond donors (Lipinski definition) is 1. The Hall–Kier alpha value is -2.34. The van der Waals surface area contributed by atoms with Crippen molar-refractivity contribution in [2.24, 2.45) is 5.92 Å². The number of carbonyl (C=O) groups excluding carboxylic acids is 1. The fourth-order valence-electron chi connectivity index (χ4n) is 2.19. The highest BCUT2D eigenvalue weighted by atomic mass is 16.5. The van der Waals surface area contributed by atoms with Crippen molar-refractivity contribution in [2.45, 2.75) is 6.42 Å². The first-order valence-corrected chi connectivity index (χ1v) is 6.89. The van der Waals surface area contributed by atoms with Crippen LogP contribution in [0.15, 0.2) is 36.5 Å². The number of nitrogen functional groups attached to an aromatic ring is 1. The van der Waals surface area contributed by atoms with Crippen molar-refractivity contribution in [3.8, 4) is 5.69 Å². The Kier molecular flexibility index (Phi) is 3.87. The van der Waals surface area contributed by atoms with Crippen LogP contribution in [0.25, 0.3) is 5.69 Å². The molecule has 0 amide bonds. The van der Waals surface area contributed by atoms with Crippen molar-refractivity contribution in [1.29, 1.82) is 0 Å². The summed E-state index contributed by atoms with van der Waals surface area (Å²) >= 11 is 0. The van der Waals surface area contributed by atoms with E-state index in [0.29, 0.717) is 30.5 Å². The normalized spacial score (nSPS) is 17.8. The number of ether oxygens (including phenoxy) is 2. The molecule has 6 heteroatoms. The largest absolute Gasteiger partial charge is 0.461 e. The molecular weight excluding hydrogens is 270 g/mol. The van der Waals surface area contributed by atoms with Crippen LogP contribution in [0.2, 0.25) is 0 Å². The Bertz CT molecular complexity index is 615. The van der Waals surface area contributed by atoms with Crippen molar-refractivity contribution < 1.29 is 14.3 Å². The van der Waals surface area contributed by atoms with E-state index in [1.807, 2.05) is 12.1 Å². The molecule has 6 nitrogen and oxygen atoms in total. The molecule has 1 atom stereocenters. The first-order valence-electron chi connectivity index (χ1n) is 6.89. The van der Waals surface area contributed by atoms with Gasteiger partial charge in [-0.3, -0.25) is 0 Å². The van der Waals surface area contributed by atoms with Crippen molar-refractivity contribution in [1.82, 2.24) is 9.78 Å². The van der Waals surface area contributed by atoms with Gasteiger partial charge < -0.3 is 15.2 Å². The summed E-state index contributed by atoms with van der Waals surface area (Å²) in [5, 5.41) is 4.23. The number of aromatic nitrogens is 2. The average Bonchev–Trinajstić information content (AvgIpc) is 3.17. The van der Waals surface area contributed by atoms with E-state index in [9.17, 15) is 4.79 Å². The highest BCUT2D eigenvalue weighted by Gasteiger charge is 2.19. The number of nitrogens with zero attached hydrogens (tertiary/aromatic N) is 2. The molecule has 1 fully saturated rings. The first-order chi connectivity index (χ1) is 10.2. The molecule has 21 heavy (non-hydrogen) atoms. The van der Waals surface area contributed by atoms with Gasteiger partial charge in [0.25, 0.3) is 0 Å². The second kappa shape index (κ2) is 5.97. The van der Waals surface area contributed by atoms with E-state index in [4.69, 9.17) is 15.2 Å². The molecule has 1 unspecified atom stereocenters. The Morgan fingerprint density at radius 1 is 1.38 bits per heavy atom. The highest BCUT2D eigenvalue weighted by Crippen LogP contribution is 2.14. The highest BCUT2D eigenvalue weighted by molar-refractivity contribution is 5.87. The van der Waals surface area contributed by atoms with Gasteiger partial charge >= 0.3 is 5.97 Å². The van der Waals surface area contributed by atoms with E-state index in [0.717, 1.165) is 18.7 Å². The summed E-state index contributed by atoms with van der Waals surface area (Å²) in [6, 6.07) is 8.90. The van der Waals surface area contributed by atoms with Gasteiger partial charge in [-0.05, 0) is 36.8 Å². The van der Waals surface area contributed by atoms with Gasteiger partial charge in [0.2, 0.25) is 0 Å². The second-order valence-corrected chi connectivity index (χ2v) is 5.07. The van der Waals surface area contributed by atoms with Crippen molar-refractivity contribution >= 4 is 11.7 Å². The minimum Gasteiger partial charge on any atom is -0.461 e. The molecule has 0 saturated carbocycles. The number of esters is 1. The molecule has 2 aromatic rings. The summed E-state index contributed by atoms with van der Waals surface area (Å²) in [5.74, 6) is -0.107. The minimum absolute atomic E-state index is 0.297. The third-order valence-corrected chi connectivity index (χ3v) is 3.43. The standard InChI is InChI=1S/C15H17N3O3/c16-12-1-3-13(4-2-12)18-7-5-14(17-18)15(19)21-10-11-6-8-20-9-11/h1-5,7,11H,6,8-10,16H2. The zero-order chi connectivity index (χ0) is 14.7. The van der Waals surface area contributed by atoms with Crippen LogP contribution in [0.4, 0.5) is 5.69 Å². The molecule has 0 spiro atoms. The van der Waals surface area contributed by atoms with Gasteiger partial charge in [0.15, 0.2) is 5.69 Å². The number of anilines is 1. The number of rotatable bonds is 4. The minimum atomic E-state index is -0.406. The van der Waals surface area contributed by atoms with Gasteiger partial charge in [-0.1, -0.05) is 0 Å². The third-order valence-electron chi connectivity index (χ3n) is 3.43. The Morgan fingerprint density at radius 2 is 2.19 bits per heavy atom. The van der Waals surface area contributed by atoms with Crippen molar-refractivity contribution in [3.05, 3.63) is 42.2 Å². The summed E-state index contributed by atoms with van der Waals surface area (Å²) < 4.78 is 12.1. The molecule has 2 N–H and O–H groups in total. The van der Waals surface area contributed by atoms with Crippen molar-refractivity contribution in [3.63, 3.8) is 0 Å². The molecule has 0 radical (unpaired) electrons. The predicted molar refractivity (Wildman–Crippen MR) is 77.2 cm³/mol. The Labute approximate surface area is 122 Å². The lowest BCUT2D eigenvalue weighted by Gasteiger charge is -2.07. The number of benzene rings is 1. The van der Waals surface area contributed by atoms with Gasteiger partial charge in [-0.2, -0.15) is 5.10 Å². The average molecular weight is 287 g/mol. The van der Waals surface area contributed by atoms with Crippen LogP contribution < -0.4 is 5.73 Å². The number of hydrogen-bond acceptors (Lipinski definition) is 5. The molecule has 3 rings (SSSR count). The molecule has 2 heterocycles. The summed E-state index contributed by atoms with van der Waals surface area (Å²) in [7, 11) is 0. The lowest BCUT2D eigenvalue weighted by Crippen LogP contribution is -2.15. The molecule has 1 aromatic carbocycles. The summed E-state index contributed by atoms with van der Waals surface area (Å²) in [6.45, 7) is 1.79. The second-order valence-electron chi connectivity index (χ2n) is 5.07. The van der Waals surface area contributed by atoms with Crippen molar-refractivity contribution in [2.75, 3.05) is 25.6 Å². The molecule has 110 valence electrons. The van der Waals surface area contributed by atoms with Crippen LogP contribution >= 0.6 is 0 Å². The quantitative estimate of drug-likeness (QED) is 0.683. The van der Waals surface area contributed by atoms with Crippen LogP contribution in [-0.2, 0) is 9.47 Å². The van der Waals surface area contributed by atoms with Gasteiger partial charge in [0, 0.05) is 24.4 Å². The molecule has 0 aliphatic carbocycles. The fourth-order valence-corrected chi connectivity index (χ4v) is 2.19. The van der Waals surface area contributed by atoms with E-state index in [-0.39, 0.29) is 0 Å². The van der Waals surface area contributed by atoms with E-state index >= 15 is 0 Å². The summed E-state index contributed by atoms with van der Waals surface area (Å²) in [6.07, 6.45) is 2.66. The van der Waals surface area contributed by atoms with Crippen LogP contribution in [0.3, 0.4) is 0 Å². The SMILES string of the molecule is Nc1ccc(-n2ccc(C(=O)OCC3CCOC3)n2)cc1. The van der Waals surface area contributed by atoms with Crippen LogP contribution in [-0.4, -0.2) is 35.6 Å². The molecular formula is C15H17N3O3. The van der Waals surface area contributed by atoms with Gasteiger partial charge in [0.05, 0.1) is 18.9 Å².